The lowest BCUT2D eigenvalue weighted by molar-refractivity contribution is 0.202. The van der Waals surface area contributed by atoms with Crippen molar-refractivity contribution in [2.24, 2.45) is 0 Å². The van der Waals surface area contributed by atoms with Crippen molar-refractivity contribution >= 4 is 22.6 Å². The number of benzene rings is 1. The third-order valence-electron chi connectivity index (χ3n) is 4.56. The number of aromatic amines is 1. The van der Waals surface area contributed by atoms with Crippen LogP contribution in [0.25, 0.3) is 16.6 Å². The van der Waals surface area contributed by atoms with Crippen molar-refractivity contribution in [2.75, 3.05) is 13.1 Å². The lowest BCUT2D eigenvalue weighted by Crippen LogP contribution is -2.41. The fourth-order valence-electron chi connectivity index (χ4n) is 3.18. The fraction of sp³-hybridized carbons (Fsp3) is 0.200. The molecule has 2 aromatic heterocycles. The van der Waals surface area contributed by atoms with Crippen LogP contribution in [0, 0.1) is 0 Å². The van der Waals surface area contributed by atoms with Crippen LogP contribution in [0.2, 0.25) is 0 Å². The summed E-state index contributed by atoms with van der Waals surface area (Å²) in [4.78, 5) is 21.9. The molecular weight excluding hydrogens is 312 g/mol. The molecule has 1 aliphatic rings. The van der Waals surface area contributed by atoms with Crippen LogP contribution < -0.4 is 5.32 Å². The Kier molecular flexibility index (Phi) is 4.21. The molecule has 1 aromatic carbocycles. The van der Waals surface area contributed by atoms with Crippen LogP contribution in [0.3, 0.4) is 0 Å². The molecule has 0 spiro atoms. The largest absolute Gasteiger partial charge is 0.359 e. The lowest BCUT2D eigenvalue weighted by Gasteiger charge is -2.26. The van der Waals surface area contributed by atoms with Gasteiger partial charge in [-0.25, -0.2) is 4.79 Å². The maximum absolute atomic E-state index is 12.3. The van der Waals surface area contributed by atoms with Crippen LogP contribution in [0.4, 0.5) is 4.79 Å². The van der Waals surface area contributed by atoms with E-state index in [0.717, 1.165) is 28.6 Å². The molecule has 0 fully saturated rings. The van der Waals surface area contributed by atoms with E-state index in [0.29, 0.717) is 19.6 Å². The number of fused-ring (bicyclic) bond motifs is 1. The molecule has 3 heterocycles. The van der Waals surface area contributed by atoms with Gasteiger partial charge in [-0.2, -0.15) is 0 Å². The number of nitrogens with one attached hydrogen (secondary N) is 2. The maximum Gasteiger partial charge on any atom is 0.317 e. The first-order valence-corrected chi connectivity index (χ1v) is 8.49. The number of hydrogen-bond donors (Lipinski definition) is 2. The van der Waals surface area contributed by atoms with Crippen molar-refractivity contribution < 1.29 is 4.79 Å². The summed E-state index contributed by atoms with van der Waals surface area (Å²) in [6, 6.07) is 13.9. The van der Waals surface area contributed by atoms with Crippen LogP contribution >= 0.6 is 0 Å². The van der Waals surface area contributed by atoms with Gasteiger partial charge in [-0.15, -0.1) is 0 Å². The summed E-state index contributed by atoms with van der Waals surface area (Å²) in [5, 5.41) is 2.99. The van der Waals surface area contributed by atoms with Gasteiger partial charge in [0.25, 0.3) is 0 Å². The molecule has 0 saturated carbocycles. The van der Waals surface area contributed by atoms with E-state index in [1.165, 1.54) is 5.57 Å². The molecule has 3 aromatic rings. The van der Waals surface area contributed by atoms with E-state index in [4.69, 9.17) is 0 Å². The first-order chi connectivity index (χ1) is 12.3. The van der Waals surface area contributed by atoms with Crippen LogP contribution in [0.1, 0.15) is 17.5 Å². The number of rotatable bonds is 3. The second-order valence-electron chi connectivity index (χ2n) is 6.17. The Hall–Kier alpha value is -3.08. The van der Waals surface area contributed by atoms with E-state index in [1.807, 2.05) is 59.8 Å². The van der Waals surface area contributed by atoms with E-state index >= 15 is 0 Å². The normalized spacial score (nSPS) is 14.4. The first kappa shape index (κ1) is 15.4. The number of urea groups is 1. The minimum atomic E-state index is -0.0174. The topological polar surface area (TPSA) is 61.0 Å². The second-order valence-corrected chi connectivity index (χ2v) is 6.17. The predicted octanol–water partition coefficient (Wildman–Crippen LogP) is 3.56. The Morgan fingerprint density at radius 1 is 1.20 bits per heavy atom. The zero-order valence-electron chi connectivity index (χ0n) is 13.9. The van der Waals surface area contributed by atoms with Crippen LogP contribution in [0.5, 0.6) is 0 Å². The standard InChI is InChI=1S/C20H20N4O/c25-20(23-13-15-5-2-1-3-6-15)24-11-8-16(9-12-24)17-14-22-18-7-4-10-21-19(17)18/h1-8,10,14,22H,9,11-13H2,(H,23,25). The molecule has 25 heavy (non-hydrogen) atoms. The van der Waals surface area contributed by atoms with Crippen LogP contribution in [-0.4, -0.2) is 34.0 Å². The minimum Gasteiger partial charge on any atom is -0.359 e. The maximum atomic E-state index is 12.3. The van der Waals surface area contributed by atoms with Gasteiger partial charge in [0, 0.05) is 37.6 Å². The van der Waals surface area contributed by atoms with Gasteiger partial charge in [-0.1, -0.05) is 36.4 Å². The average Bonchev–Trinajstić information content (AvgIpc) is 3.11. The van der Waals surface area contributed by atoms with E-state index in [2.05, 4.69) is 21.4 Å². The number of amides is 2. The summed E-state index contributed by atoms with van der Waals surface area (Å²) in [6.07, 6.45) is 6.78. The highest BCUT2D eigenvalue weighted by atomic mass is 16.2. The van der Waals surface area contributed by atoms with Crippen LogP contribution in [-0.2, 0) is 6.54 Å². The molecule has 1 aliphatic heterocycles. The Bertz CT molecular complexity index is 914. The zero-order chi connectivity index (χ0) is 17.1. The molecule has 5 nitrogen and oxygen atoms in total. The van der Waals surface area contributed by atoms with Crippen molar-refractivity contribution in [1.29, 1.82) is 0 Å². The van der Waals surface area contributed by atoms with E-state index < -0.39 is 0 Å². The Morgan fingerprint density at radius 2 is 2.08 bits per heavy atom. The van der Waals surface area contributed by atoms with Crippen molar-refractivity contribution in [3.63, 3.8) is 0 Å². The van der Waals surface area contributed by atoms with Crippen molar-refractivity contribution in [3.05, 3.63) is 72.1 Å². The van der Waals surface area contributed by atoms with Crippen LogP contribution in [0.15, 0.2) is 60.9 Å². The molecule has 2 N–H and O–H groups in total. The fourth-order valence-corrected chi connectivity index (χ4v) is 3.18. The number of H-pyrrole nitrogens is 1. The molecule has 0 aliphatic carbocycles. The second kappa shape index (κ2) is 6.81. The number of carbonyl (C=O) groups excluding carboxylic acids is 1. The van der Waals surface area contributed by atoms with Crippen molar-refractivity contribution in [3.8, 4) is 0 Å². The van der Waals surface area contributed by atoms with Gasteiger partial charge in [-0.3, -0.25) is 4.98 Å². The molecule has 126 valence electrons. The third kappa shape index (κ3) is 3.26. The molecule has 4 rings (SSSR count). The lowest BCUT2D eigenvalue weighted by atomic mass is 10.0. The van der Waals surface area contributed by atoms with Gasteiger partial charge in [0.2, 0.25) is 0 Å². The third-order valence-corrected chi connectivity index (χ3v) is 4.56. The number of nitrogens with zero attached hydrogens (tertiary/aromatic N) is 2. The average molecular weight is 332 g/mol. The number of pyridine rings is 1. The molecule has 0 saturated heterocycles. The molecule has 2 amide bonds. The first-order valence-electron chi connectivity index (χ1n) is 8.49. The molecule has 0 bridgehead atoms. The molecule has 0 atom stereocenters. The number of hydrogen-bond acceptors (Lipinski definition) is 2. The molecular formula is C20H20N4O. The summed E-state index contributed by atoms with van der Waals surface area (Å²) < 4.78 is 0. The van der Waals surface area contributed by atoms with Gasteiger partial charge >= 0.3 is 6.03 Å². The minimum absolute atomic E-state index is 0.0174. The van der Waals surface area contributed by atoms with Gasteiger partial charge in [0.05, 0.1) is 11.0 Å². The van der Waals surface area contributed by atoms with E-state index in [1.54, 1.807) is 0 Å². The zero-order valence-corrected chi connectivity index (χ0v) is 13.9. The Balaban J connectivity index is 1.41. The Morgan fingerprint density at radius 3 is 2.88 bits per heavy atom. The van der Waals surface area contributed by atoms with E-state index in [9.17, 15) is 4.79 Å². The SMILES string of the molecule is O=C(NCc1ccccc1)N1CC=C(c2c[nH]c3cccnc23)CC1. The van der Waals surface area contributed by atoms with Gasteiger partial charge in [0.1, 0.15) is 0 Å². The molecule has 0 unspecified atom stereocenters. The molecule has 0 radical (unpaired) electrons. The highest BCUT2D eigenvalue weighted by molar-refractivity contribution is 5.90. The van der Waals surface area contributed by atoms with Gasteiger partial charge in [0.15, 0.2) is 0 Å². The number of aromatic nitrogens is 2. The Labute approximate surface area is 146 Å². The summed E-state index contributed by atoms with van der Waals surface area (Å²) >= 11 is 0. The highest BCUT2D eigenvalue weighted by Gasteiger charge is 2.19. The smallest absolute Gasteiger partial charge is 0.317 e. The highest BCUT2D eigenvalue weighted by Crippen LogP contribution is 2.27. The van der Waals surface area contributed by atoms with Gasteiger partial charge in [-0.05, 0) is 29.7 Å². The molecule has 5 heteroatoms. The van der Waals surface area contributed by atoms with E-state index in [-0.39, 0.29) is 6.03 Å². The van der Waals surface area contributed by atoms with Crippen molar-refractivity contribution in [2.45, 2.75) is 13.0 Å². The summed E-state index contributed by atoms with van der Waals surface area (Å²) in [7, 11) is 0. The summed E-state index contributed by atoms with van der Waals surface area (Å²) in [5.41, 5.74) is 5.53. The quantitative estimate of drug-likeness (QED) is 0.770. The summed E-state index contributed by atoms with van der Waals surface area (Å²) in [5.74, 6) is 0. The number of carbonyl (C=O) groups is 1. The predicted molar refractivity (Wildman–Crippen MR) is 98.9 cm³/mol. The van der Waals surface area contributed by atoms with Crippen molar-refractivity contribution in [1.82, 2.24) is 20.2 Å². The van der Waals surface area contributed by atoms with Gasteiger partial charge < -0.3 is 15.2 Å². The summed E-state index contributed by atoms with van der Waals surface area (Å²) in [6.45, 7) is 1.89. The monoisotopic (exact) mass is 332 g/mol.